The lowest BCUT2D eigenvalue weighted by molar-refractivity contribution is -0.120. The van der Waals surface area contributed by atoms with Gasteiger partial charge in [-0.1, -0.05) is 52.3 Å². The van der Waals surface area contributed by atoms with Gasteiger partial charge in [0, 0.05) is 22.8 Å². The molecule has 0 saturated heterocycles. The van der Waals surface area contributed by atoms with E-state index in [2.05, 4.69) is 31.9 Å². The Bertz CT molecular complexity index is 967. The fourth-order valence-corrected chi connectivity index (χ4v) is 2.89. The molecular formula is C23H26BrN3O4. The molecule has 0 aromatic heterocycles. The molecule has 0 aliphatic rings. The van der Waals surface area contributed by atoms with Gasteiger partial charge in [0.05, 0.1) is 0 Å². The smallest absolute Gasteiger partial charge is 0.408 e. The van der Waals surface area contributed by atoms with Crippen LogP contribution < -0.4 is 16.0 Å². The Morgan fingerprint density at radius 3 is 2.39 bits per heavy atom. The number of hydrogen-bond donors (Lipinski definition) is 3. The summed E-state index contributed by atoms with van der Waals surface area (Å²) in [5.74, 6) is -0.665. The minimum absolute atomic E-state index is 0.194. The topological polar surface area (TPSA) is 96.5 Å². The summed E-state index contributed by atoms with van der Waals surface area (Å²) in [6.07, 6.45) is 2.50. The van der Waals surface area contributed by atoms with Crippen molar-refractivity contribution < 1.29 is 19.1 Å². The van der Waals surface area contributed by atoms with E-state index >= 15 is 0 Å². The molecule has 0 heterocycles. The summed E-state index contributed by atoms with van der Waals surface area (Å²) in [6.45, 7) is 5.21. The number of anilines is 1. The standard InChI is InChI=1S/C23H26BrN3O4/c1-23(2,3)31-22(30)26-15-21(29)25-14-17-9-5-7-11-19(17)27-20(28)13-12-16-8-4-6-10-18(16)24/h4-13H,14-15H2,1-3H3,(H,25,29)(H,26,30)(H,27,28)/b13-12+. The SMILES string of the molecule is CC(C)(C)OC(=O)NCC(=O)NCc1ccccc1NC(=O)/C=C/c1ccccc1Br. The summed E-state index contributed by atoms with van der Waals surface area (Å²) in [5.41, 5.74) is 1.57. The molecule has 2 aromatic carbocycles. The Kier molecular flexibility index (Phi) is 8.81. The number of hydrogen-bond acceptors (Lipinski definition) is 4. The minimum Gasteiger partial charge on any atom is -0.444 e. The van der Waals surface area contributed by atoms with Crippen LogP contribution in [-0.2, 0) is 20.9 Å². The average molecular weight is 488 g/mol. The van der Waals surface area contributed by atoms with Crippen molar-refractivity contribution >= 4 is 45.6 Å². The maximum atomic E-state index is 12.3. The van der Waals surface area contributed by atoms with Gasteiger partial charge in [-0.15, -0.1) is 0 Å². The van der Waals surface area contributed by atoms with Crippen LogP contribution >= 0.6 is 15.9 Å². The Morgan fingerprint density at radius 2 is 1.68 bits per heavy atom. The number of alkyl carbamates (subject to hydrolysis) is 1. The molecule has 0 aliphatic carbocycles. The predicted molar refractivity (Wildman–Crippen MR) is 124 cm³/mol. The number of halogens is 1. The average Bonchev–Trinajstić information content (AvgIpc) is 2.70. The molecular weight excluding hydrogens is 462 g/mol. The van der Waals surface area contributed by atoms with Crippen LogP contribution in [0.25, 0.3) is 6.08 Å². The number of rotatable bonds is 7. The van der Waals surface area contributed by atoms with Crippen molar-refractivity contribution in [3.63, 3.8) is 0 Å². The van der Waals surface area contributed by atoms with Crippen molar-refractivity contribution in [2.75, 3.05) is 11.9 Å². The fraction of sp³-hybridized carbons (Fsp3) is 0.261. The molecule has 7 nitrogen and oxygen atoms in total. The van der Waals surface area contributed by atoms with Crippen molar-refractivity contribution in [2.24, 2.45) is 0 Å². The van der Waals surface area contributed by atoms with Crippen molar-refractivity contribution in [1.29, 1.82) is 0 Å². The molecule has 2 aromatic rings. The molecule has 0 aliphatic heterocycles. The van der Waals surface area contributed by atoms with Crippen LogP contribution in [-0.4, -0.2) is 30.1 Å². The third-order valence-electron chi connectivity index (χ3n) is 3.86. The first-order valence-corrected chi connectivity index (χ1v) is 10.5. The Hall–Kier alpha value is -3.13. The number of ether oxygens (including phenoxy) is 1. The van der Waals surface area contributed by atoms with Crippen LogP contribution in [0.15, 0.2) is 59.1 Å². The number of carbonyl (C=O) groups is 3. The molecule has 0 spiro atoms. The summed E-state index contributed by atoms with van der Waals surface area (Å²) >= 11 is 3.44. The van der Waals surface area contributed by atoms with Crippen LogP contribution in [0.3, 0.4) is 0 Å². The second-order valence-corrected chi connectivity index (χ2v) is 8.49. The second-order valence-electron chi connectivity index (χ2n) is 7.63. The van der Waals surface area contributed by atoms with E-state index < -0.39 is 11.7 Å². The number of nitrogens with one attached hydrogen (secondary N) is 3. The van der Waals surface area contributed by atoms with Gasteiger partial charge in [0.25, 0.3) is 0 Å². The zero-order valence-electron chi connectivity index (χ0n) is 17.7. The predicted octanol–water partition coefficient (Wildman–Crippen LogP) is 4.24. The highest BCUT2D eigenvalue weighted by atomic mass is 79.9. The normalized spacial score (nSPS) is 11.1. The first-order chi connectivity index (χ1) is 14.6. The first-order valence-electron chi connectivity index (χ1n) is 9.69. The fourth-order valence-electron chi connectivity index (χ4n) is 2.47. The minimum atomic E-state index is -0.660. The Balaban J connectivity index is 1.89. The van der Waals surface area contributed by atoms with Crippen LogP contribution in [0, 0.1) is 0 Å². The van der Waals surface area contributed by atoms with E-state index in [0.717, 1.165) is 15.6 Å². The molecule has 0 saturated carbocycles. The van der Waals surface area contributed by atoms with E-state index in [1.54, 1.807) is 45.0 Å². The van der Waals surface area contributed by atoms with Crippen molar-refractivity contribution in [1.82, 2.24) is 10.6 Å². The van der Waals surface area contributed by atoms with Gasteiger partial charge in [0.2, 0.25) is 11.8 Å². The van der Waals surface area contributed by atoms with Crippen LogP contribution in [0.5, 0.6) is 0 Å². The Morgan fingerprint density at radius 1 is 1.00 bits per heavy atom. The van der Waals surface area contributed by atoms with Gasteiger partial charge in [0.15, 0.2) is 0 Å². The Labute approximate surface area is 190 Å². The summed E-state index contributed by atoms with van der Waals surface area (Å²) in [4.78, 5) is 36.0. The molecule has 8 heteroatoms. The van der Waals surface area contributed by atoms with Gasteiger partial charge in [-0.05, 0) is 50.1 Å². The molecule has 164 valence electrons. The van der Waals surface area contributed by atoms with E-state index in [1.165, 1.54) is 6.08 Å². The van der Waals surface area contributed by atoms with Crippen molar-refractivity contribution in [3.8, 4) is 0 Å². The van der Waals surface area contributed by atoms with Gasteiger partial charge >= 0.3 is 6.09 Å². The lowest BCUT2D eigenvalue weighted by Crippen LogP contribution is -2.39. The van der Waals surface area contributed by atoms with Gasteiger partial charge in [0.1, 0.15) is 12.1 Å². The van der Waals surface area contributed by atoms with E-state index in [1.807, 2.05) is 30.3 Å². The third kappa shape index (κ3) is 9.04. The number of amides is 3. The maximum absolute atomic E-state index is 12.3. The number of benzene rings is 2. The molecule has 3 N–H and O–H groups in total. The zero-order valence-corrected chi connectivity index (χ0v) is 19.3. The number of carbonyl (C=O) groups excluding carboxylic acids is 3. The highest BCUT2D eigenvalue weighted by Crippen LogP contribution is 2.18. The molecule has 3 amide bonds. The van der Waals surface area contributed by atoms with E-state index in [0.29, 0.717) is 5.69 Å². The largest absolute Gasteiger partial charge is 0.444 e. The van der Waals surface area contributed by atoms with Crippen LogP contribution in [0.2, 0.25) is 0 Å². The first kappa shape index (κ1) is 24.1. The van der Waals surface area contributed by atoms with E-state index in [9.17, 15) is 14.4 Å². The molecule has 0 fully saturated rings. The van der Waals surface area contributed by atoms with Crippen molar-refractivity contribution in [3.05, 3.63) is 70.2 Å². The number of para-hydroxylation sites is 1. The summed E-state index contributed by atoms with van der Waals surface area (Å²) in [5, 5.41) is 7.93. The molecule has 31 heavy (non-hydrogen) atoms. The molecule has 0 unspecified atom stereocenters. The molecule has 0 radical (unpaired) electrons. The molecule has 0 bridgehead atoms. The quantitative estimate of drug-likeness (QED) is 0.508. The highest BCUT2D eigenvalue weighted by Gasteiger charge is 2.16. The van der Waals surface area contributed by atoms with Gasteiger partial charge < -0.3 is 20.7 Å². The summed E-state index contributed by atoms with van der Waals surface area (Å²) in [6, 6.07) is 14.7. The van der Waals surface area contributed by atoms with Crippen molar-refractivity contribution in [2.45, 2.75) is 32.9 Å². The molecule has 2 rings (SSSR count). The molecule has 0 atom stereocenters. The third-order valence-corrected chi connectivity index (χ3v) is 4.59. The van der Waals surface area contributed by atoms with Crippen LogP contribution in [0.4, 0.5) is 10.5 Å². The maximum Gasteiger partial charge on any atom is 0.408 e. The van der Waals surface area contributed by atoms with Gasteiger partial charge in [-0.25, -0.2) is 4.79 Å². The lowest BCUT2D eigenvalue weighted by atomic mass is 10.1. The highest BCUT2D eigenvalue weighted by molar-refractivity contribution is 9.10. The van der Waals surface area contributed by atoms with E-state index in [4.69, 9.17) is 4.74 Å². The monoisotopic (exact) mass is 487 g/mol. The zero-order chi connectivity index (χ0) is 22.9. The second kappa shape index (κ2) is 11.3. The van der Waals surface area contributed by atoms with Gasteiger partial charge in [-0.3, -0.25) is 9.59 Å². The lowest BCUT2D eigenvalue weighted by Gasteiger charge is -2.19. The van der Waals surface area contributed by atoms with E-state index in [-0.39, 0.29) is 24.9 Å². The van der Waals surface area contributed by atoms with Crippen LogP contribution in [0.1, 0.15) is 31.9 Å². The van der Waals surface area contributed by atoms with Gasteiger partial charge in [-0.2, -0.15) is 0 Å². The summed E-state index contributed by atoms with van der Waals surface area (Å²) in [7, 11) is 0. The summed E-state index contributed by atoms with van der Waals surface area (Å²) < 4.78 is 5.98.